The lowest BCUT2D eigenvalue weighted by Crippen LogP contribution is -1.87. The highest BCUT2D eigenvalue weighted by Crippen LogP contribution is 2.31. The molecule has 1 heterocycles. The van der Waals surface area contributed by atoms with E-state index in [0.29, 0.717) is 5.15 Å². The number of pyridine rings is 1. The number of benzene rings is 1. The Kier molecular flexibility index (Phi) is 3.14. The third kappa shape index (κ3) is 2.64. The molecule has 0 saturated heterocycles. The van der Waals surface area contributed by atoms with E-state index in [1.807, 2.05) is 30.3 Å². The van der Waals surface area contributed by atoms with Gasteiger partial charge in [0.15, 0.2) is 0 Å². The minimum atomic E-state index is 0.500. The number of rotatable bonds is 2. The molecule has 2 nitrogen and oxygen atoms in total. The van der Waals surface area contributed by atoms with E-state index in [-0.39, 0.29) is 0 Å². The first-order valence-corrected chi connectivity index (χ1v) is 5.59. The van der Waals surface area contributed by atoms with Crippen LogP contribution >= 0.6 is 23.4 Å². The molecule has 2 rings (SSSR count). The summed E-state index contributed by atoms with van der Waals surface area (Å²) in [6.07, 6.45) is 1.74. The van der Waals surface area contributed by atoms with Crippen molar-refractivity contribution in [1.82, 2.24) is 4.98 Å². The van der Waals surface area contributed by atoms with Gasteiger partial charge >= 0.3 is 0 Å². The van der Waals surface area contributed by atoms with Gasteiger partial charge < -0.3 is 5.73 Å². The van der Waals surface area contributed by atoms with Crippen molar-refractivity contribution in [2.24, 2.45) is 0 Å². The molecule has 0 aliphatic carbocycles. The number of nitrogens with zero attached hydrogens (tertiary/aromatic N) is 1. The van der Waals surface area contributed by atoms with Crippen LogP contribution in [0.25, 0.3) is 0 Å². The predicted molar refractivity (Wildman–Crippen MR) is 64.2 cm³/mol. The second-order valence-corrected chi connectivity index (χ2v) is 4.46. The van der Waals surface area contributed by atoms with Gasteiger partial charge in [0.2, 0.25) is 0 Å². The van der Waals surface area contributed by atoms with Crippen LogP contribution in [0.5, 0.6) is 0 Å². The molecule has 0 amide bonds. The van der Waals surface area contributed by atoms with Crippen molar-refractivity contribution in [2.45, 2.75) is 9.79 Å². The fraction of sp³-hybridized carbons (Fsp3) is 0. The highest BCUT2D eigenvalue weighted by molar-refractivity contribution is 7.99. The molecule has 1 aromatic heterocycles. The first-order chi connectivity index (χ1) is 7.25. The first kappa shape index (κ1) is 10.3. The van der Waals surface area contributed by atoms with Crippen molar-refractivity contribution >= 4 is 29.1 Å². The summed E-state index contributed by atoms with van der Waals surface area (Å²) < 4.78 is 0. The van der Waals surface area contributed by atoms with Gasteiger partial charge in [-0.2, -0.15) is 0 Å². The van der Waals surface area contributed by atoms with Crippen LogP contribution < -0.4 is 5.73 Å². The highest BCUT2D eigenvalue weighted by Gasteiger charge is 2.00. The van der Waals surface area contributed by atoms with Crippen molar-refractivity contribution in [3.05, 3.63) is 47.7 Å². The van der Waals surface area contributed by atoms with Crippen molar-refractivity contribution in [3.63, 3.8) is 0 Å². The number of anilines is 1. The summed E-state index contributed by atoms with van der Waals surface area (Å²) in [7, 11) is 0. The molecule has 0 bridgehead atoms. The summed E-state index contributed by atoms with van der Waals surface area (Å²) in [6.45, 7) is 0. The molecule has 0 aliphatic rings. The number of nitrogens with two attached hydrogens (primary N) is 1. The quantitative estimate of drug-likeness (QED) is 0.641. The van der Waals surface area contributed by atoms with E-state index in [1.165, 1.54) is 0 Å². The summed E-state index contributed by atoms with van der Waals surface area (Å²) in [5.41, 5.74) is 6.61. The van der Waals surface area contributed by atoms with Crippen LogP contribution in [0.1, 0.15) is 0 Å². The highest BCUT2D eigenvalue weighted by atomic mass is 35.5. The third-order valence-corrected chi connectivity index (χ3v) is 3.14. The van der Waals surface area contributed by atoms with Crippen LogP contribution in [0.2, 0.25) is 5.15 Å². The van der Waals surface area contributed by atoms with E-state index >= 15 is 0 Å². The van der Waals surface area contributed by atoms with Crippen molar-refractivity contribution in [2.75, 3.05) is 5.73 Å². The van der Waals surface area contributed by atoms with Crippen LogP contribution in [0.3, 0.4) is 0 Å². The van der Waals surface area contributed by atoms with E-state index in [2.05, 4.69) is 4.98 Å². The maximum Gasteiger partial charge on any atom is 0.129 e. The van der Waals surface area contributed by atoms with Gasteiger partial charge in [0.1, 0.15) is 5.15 Å². The summed E-state index contributed by atoms with van der Waals surface area (Å²) in [4.78, 5) is 6.06. The Labute approximate surface area is 97.5 Å². The van der Waals surface area contributed by atoms with Gasteiger partial charge in [-0.3, -0.25) is 0 Å². The normalized spacial score (nSPS) is 10.2. The van der Waals surface area contributed by atoms with Crippen molar-refractivity contribution in [3.8, 4) is 0 Å². The Morgan fingerprint density at radius 3 is 2.60 bits per heavy atom. The average molecular weight is 237 g/mol. The zero-order valence-electron chi connectivity index (χ0n) is 7.85. The summed E-state index contributed by atoms with van der Waals surface area (Å²) in [5.74, 6) is 0. The largest absolute Gasteiger partial charge is 0.398 e. The molecule has 0 spiro atoms. The molecule has 2 N–H and O–H groups in total. The fourth-order valence-electron chi connectivity index (χ4n) is 1.12. The molecule has 1 aromatic carbocycles. The van der Waals surface area contributed by atoms with Gasteiger partial charge in [-0.25, -0.2) is 4.98 Å². The van der Waals surface area contributed by atoms with Crippen LogP contribution in [0.4, 0.5) is 5.69 Å². The zero-order chi connectivity index (χ0) is 10.7. The molecule has 0 unspecified atom stereocenters. The number of halogens is 1. The van der Waals surface area contributed by atoms with E-state index in [4.69, 9.17) is 17.3 Å². The van der Waals surface area contributed by atoms with Gasteiger partial charge in [-0.05, 0) is 24.3 Å². The monoisotopic (exact) mass is 236 g/mol. The predicted octanol–water partition coefficient (Wildman–Crippen LogP) is 3.47. The standard InChI is InChI=1S/C11H9ClN2S/c12-11-6-5-8(7-14-11)15-10-4-2-1-3-9(10)13/h1-7H,13H2. The molecular formula is C11H9ClN2S. The van der Waals surface area contributed by atoms with E-state index in [1.54, 1.807) is 24.0 Å². The minimum absolute atomic E-state index is 0.500. The Balaban J connectivity index is 2.22. The Bertz CT molecular complexity index is 456. The molecule has 76 valence electrons. The summed E-state index contributed by atoms with van der Waals surface area (Å²) in [6, 6.07) is 11.4. The number of hydrogen-bond donors (Lipinski definition) is 1. The summed E-state index contributed by atoms with van der Waals surface area (Å²) in [5, 5.41) is 0.500. The Hall–Kier alpha value is -1.19. The lowest BCUT2D eigenvalue weighted by molar-refractivity contribution is 1.23. The van der Waals surface area contributed by atoms with Crippen LogP contribution in [0, 0.1) is 0 Å². The van der Waals surface area contributed by atoms with Crippen LogP contribution in [0.15, 0.2) is 52.4 Å². The number of para-hydroxylation sites is 1. The lowest BCUT2D eigenvalue weighted by atomic mass is 10.3. The number of nitrogen functional groups attached to an aromatic ring is 1. The Morgan fingerprint density at radius 2 is 1.93 bits per heavy atom. The summed E-state index contributed by atoms with van der Waals surface area (Å²) >= 11 is 7.28. The fourth-order valence-corrected chi connectivity index (χ4v) is 2.06. The molecule has 15 heavy (non-hydrogen) atoms. The topological polar surface area (TPSA) is 38.9 Å². The molecule has 0 atom stereocenters. The van der Waals surface area contributed by atoms with E-state index in [0.717, 1.165) is 15.5 Å². The molecule has 0 radical (unpaired) electrons. The lowest BCUT2D eigenvalue weighted by Gasteiger charge is -2.04. The average Bonchev–Trinajstić information content (AvgIpc) is 2.25. The van der Waals surface area contributed by atoms with Crippen molar-refractivity contribution in [1.29, 1.82) is 0 Å². The second-order valence-electron chi connectivity index (χ2n) is 2.96. The van der Waals surface area contributed by atoms with E-state index < -0.39 is 0 Å². The number of aromatic nitrogens is 1. The first-order valence-electron chi connectivity index (χ1n) is 4.39. The smallest absolute Gasteiger partial charge is 0.129 e. The van der Waals surface area contributed by atoms with Crippen molar-refractivity contribution < 1.29 is 0 Å². The van der Waals surface area contributed by atoms with Gasteiger partial charge in [0.25, 0.3) is 0 Å². The van der Waals surface area contributed by atoms with Gasteiger partial charge in [0.05, 0.1) is 0 Å². The van der Waals surface area contributed by atoms with Crippen LogP contribution in [-0.4, -0.2) is 4.98 Å². The second kappa shape index (κ2) is 4.55. The van der Waals surface area contributed by atoms with Gasteiger partial charge in [-0.15, -0.1) is 0 Å². The Morgan fingerprint density at radius 1 is 1.13 bits per heavy atom. The SMILES string of the molecule is Nc1ccccc1Sc1ccc(Cl)nc1. The maximum absolute atomic E-state index is 5.83. The van der Waals surface area contributed by atoms with Crippen LogP contribution in [-0.2, 0) is 0 Å². The molecule has 0 aliphatic heterocycles. The van der Waals surface area contributed by atoms with Gasteiger partial charge in [0, 0.05) is 21.7 Å². The minimum Gasteiger partial charge on any atom is -0.398 e. The molecule has 2 aromatic rings. The maximum atomic E-state index is 5.83. The molecular weight excluding hydrogens is 228 g/mol. The van der Waals surface area contributed by atoms with E-state index in [9.17, 15) is 0 Å². The molecule has 0 saturated carbocycles. The van der Waals surface area contributed by atoms with Gasteiger partial charge in [-0.1, -0.05) is 35.5 Å². The third-order valence-electron chi connectivity index (χ3n) is 1.85. The molecule has 4 heteroatoms. The zero-order valence-corrected chi connectivity index (χ0v) is 9.42. The molecule has 0 fully saturated rings. The number of hydrogen-bond acceptors (Lipinski definition) is 3.